The summed E-state index contributed by atoms with van der Waals surface area (Å²) in [5.74, 6) is 0.360. The van der Waals surface area contributed by atoms with E-state index >= 15 is 0 Å². The molecule has 1 aliphatic rings. The number of aromatic nitrogens is 2. The molecule has 0 aliphatic carbocycles. The van der Waals surface area contributed by atoms with Gasteiger partial charge in [0.25, 0.3) is 5.78 Å². The van der Waals surface area contributed by atoms with E-state index in [-0.39, 0.29) is 16.5 Å². The maximum atomic E-state index is 13.7. The van der Waals surface area contributed by atoms with Crippen LogP contribution in [0.2, 0.25) is 0 Å². The number of ketones is 1. The molecule has 45 heavy (non-hydrogen) atoms. The Balaban J connectivity index is 1.54. The van der Waals surface area contributed by atoms with E-state index in [1.54, 1.807) is 42.5 Å². The van der Waals surface area contributed by atoms with Gasteiger partial charge >= 0.3 is 5.91 Å². The van der Waals surface area contributed by atoms with Gasteiger partial charge in [-0.3, -0.25) is 14.5 Å². The predicted octanol–water partition coefficient (Wildman–Crippen LogP) is 7.35. The number of hydrogen-bond donors (Lipinski definition) is 1. The van der Waals surface area contributed by atoms with E-state index in [9.17, 15) is 14.7 Å². The lowest BCUT2D eigenvalue weighted by Gasteiger charge is -2.23. The summed E-state index contributed by atoms with van der Waals surface area (Å²) in [6, 6.07) is 19.2. The van der Waals surface area contributed by atoms with E-state index in [1.165, 1.54) is 40.7 Å². The standard InChI is InChI=1S/C34H35N3O6S2/c1-5-7-18-43-26-17-14-24(19-27(26)41-4)29-28(30(38)23-12-15-25(16-13-23)42-6-2)31(39)32(40)37(29)33-35-36-34(45-33)44-20-22-10-8-21(3)9-11-22/h8-17,19,29,38H,5-7,18,20H2,1-4H3/b30-28-. The summed E-state index contributed by atoms with van der Waals surface area (Å²) < 4.78 is 17.7. The monoisotopic (exact) mass is 645 g/mol. The first-order valence-electron chi connectivity index (χ1n) is 14.7. The van der Waals surface area contributed by atoms with Crippen molar-refractivity contribution in [1.82, 2.24) is 10.2 Å². The molecule has 1 saturated heterocycles. The smallest absolute Gasteiger partial charge is 0.301 e. The fourth-order valence-electron chi connectivity index (χ4n) is 4.86. The first kappa shape index (κ1) is 32.1. The molecule has 1 fully saturated rings. The topological polar surface area (TPSA) is 111 Å². The summed E-state index contributed by atoms with van der Waals surface area (Å²) in [4.78, 5) is 28.6. The van der Waals surface area contributed by atoms with Crippen LogP contribution in [-0.2, 0) is 15.3 Å². The lowest BCUT2D eigenvalue weighted by molar-refractivity contribution is -0.132. The van der Waals surface area contributed by atoms with Gasteiger partial charge in [0, 0.05) is 11.3 Å². The number of benzene rings is 3. The Labute approximate surface area is 270 Å². The Kier molecular flexibility index (Phi) is 10.4. The molecule has 0 radical (unpaired) electrons. The van der Waals surface area contributed by atoms with Crippen molar-refractivity contribution >= 4 is 45.7 Å². The second-order valence-corrected chi connectivity index (χ2v) is 12.5. The summed E-state index contributed by atoms with van der Waals surface area (Å²) in [6.07, 6.45) is 1.86. The normalized spacial score (nSPS) is 15.8. The van der Waals surface area contributed by atoms with Crippen molar-refractivity contribution < 1.29 is 28.9 Å². The molecule has 1 atom stereocenters. The molecule has 2 heterocycles. The van der Waals surface area contributed by atoms with Gasteiger partial charge in [-0.1, -0.05) is 72.3 Å². The van der Waals surface area contributed by atoms with Gasteiger partial charge in [0.1, 0.15) is 11.5 Å². The molecule has 4 aromatic rings. The van der Waals surface area contributed by atoms with Crippen LogP contribution in [0.4, 0.5) is 5.13 Å². The number of aliphatic hydroxyl groups is 1. The number of aliphatic hydroxyl groups excluding tert-OH is 1. The summed E-state index contributed by atoms with van der Waals surface area (Å²) in [7, 11) is 1.53. The Morgan fingerprint density at radius 2 is 1.73 bits per heavy atom. The third-order valence-electron chi connectivity index (χ3n) is 7.23. The van der Waals surface area contributed by atoms with Crippen LogP contribution < -0.4 is 19.1 Å². The number of unbranched alkanes of at least 4 members (excludes halogenated alkanes) is 1. The molecule has 1 amide bonds. The van der Waals surface area contributed by atoms with Gasteiger partial charge < -0.3 is 19.3 Å². The molecule has 3 aromatic carbocycles. The largest absolute Gasteiger partial charge is 0.507 e. The van der Waals surface area contributed by atoms with Crippen molar-refractivity contribution in [3.63, 3.8) is 0 Å². The Morgan fingerprint density at radius 3 is 2.42 bits per heavy atom. The highest BCUT2D eigenvalue weighted by molar-refractivity contribution is 8.00. The maximum Gasteiger partial charge on any atom is 0.301 e. The number of nitrogens with zero attached hydrogens (tertiary/aromatic N) is 3. The molecule has 5 rings (SSSR count). The third-order valence-corrected chi connectivity index (χ3v) is 9.35. The van der Waals surface area contributed by atoms with Crippen molar-refractivity contribution in [2.75, 3.05) is 25.2 Å². The number of carbonyl (C=O) groups excluding carboxylic acids is 2. The van der Waals surface area contributed by atoms with Gasteiger partial charge in [-0.25, -0.2) is 0 Å². The van der Waals surface area contributed by atoms with Crippen LogP contribution in [0.1, 0.15) is 55.0 Å². The molecule has 9 nitrogen and oxygen atoms in total. The molecule has 0 bridgehead atoms. The molecule has 11 heteroatoms. The SMILES string of the molecule is CCCCOc1ccc(C2/C(=C(/O)c3ccc(OCC)cc3)C(=O)C(=O)N2c2nnc(SCc3ccc(C)cc3)s2)cc1OC. The number of thioether (sulfide) groups is 1. The average molecular weight is 646 g/mol. The van der Waals surface area contributed by atoms with Crippen molar-refractivity contribution in [3.8, 4) is 17.2 Å². The minimum absolute atomic E-state index is 0.0603. The van der Waals surface area contributed by atoms with Crippen LogP contribution in [0.3, 0.4) is 0 Å². The number of hydrogen-bond acceptors (Lipinski definition) is 10. The third kappa shape index (κ3) is 7.15. The molecular weight excluding hydrogens is 611 g/mol. The number of amides is 1. The minimum atomic E-state index is -0.988. The fraction of sp³-hybridized carbons (Fsp3) is 0.294. The number of Topliss-reactive ketones (excluding diaryl/α,β-unsaturated/α-hetero) is 1. The van der Waals surface area contributed by atoms with Crippen molar-refractivity contribution in [1.29, 1.82) is 0 Å². The lowest BCUT2D eigenvalue weighted by atomic mass is 9.95. The van der Waals surface area contributed by atoms with Crippen molar-refractivity contribution in [3.05, 3.63) is 94.6 Å². The summed E-state index contributed by atoms with van der Waals surface area (Å²) in [5, 5.41) is 20.4. The first-order valence-corrected chi connectivity index (χ1v) is 16.5. The van der Waals surface area contributed by atoms with Crippen molar-refractivity contribution in [2.45, 2.75) is 49.7 Å². The number of aryl methyl sites for hydroxylation is 1. The van der Waals surface area contributed by atoms with E-state index in [0.29, 0.717) is 51.7 Å². The van der Waals surface area contributed by atoms with E-state index in [0.717, 1.165) is 18.4 Å². The summed E-state index contributed by atoms with van der Waals surface area (Å²) in [5.41, 5.74) is 3.17. The van der Waals surface area contributed by atoms with E-state index in [1.807, 2.05) is 13.8 Å². The van der Waals surface area contributed by atoms with Crippen molar-refractivity contribution in [2.24, 2.45) is 0 Å². The van der Waals surface area contributed by atoms with E-state index in [4.69, 9.17) is 14.2 Å². The quantitative estimate of drug-likeness (QED) is 0.0398. The Bertz CT molecular complexity index is 1690. The van der Waals surface area contributed by atoms with Crippen LogP contribution in [0, 0.1) is 6.92 Å². The molecule has 1 unspecified atom stereocenters. The van der Waals surface area contributed by atoms with Gasteiger partial charge in [-0.2, -0.15) is 0 Å². The highest BCUT2D eigenvalue weighted by Crippen LogP contribution is 2.45. The second-order valence-electron chi connectivity index (χ2n) is 10.4. The highest BCUT2D eigenvalue weighted by atomic mass is 32.2. The first-order chi connectivity index (χ1) is 21.8. The Morgan fingerprint density at radius 1 is 0.978 bits per heavy atom. The van der Waals surface area contributed by atoms with E-state index in [2.05, 4.69) is 41.4 Å². The predicted molar refractivity (Wildman–Crippen MR) is 176 cm³/mol. The van der Waals surface area contributed by atoms with E-state index < -0.39 is 17.7 Å². The fourth-order valence-corrected chi connectivity index (χ4v) is 6.69. The number of methoxy groups -OCH3 is 1. The molecule has 1 aliphatic heterocycles. The van der Waals surface area contributed by atoms with Gasteiger partial charge in [-0.15, -0.1) is 10.2 Å². The van der Waals surface area contributed by atoms with Gasteiger partial charge in [0.2, 0.25) is 5.13 Å². The molecule has 0 saturated carbocycles. The van der Waals surface area contributed by atoms with Crippen LogP contribution in [0.5, 0.6) is 17.2 Å². The minimum Gasteiger partial charge on any atom is -0.507 e. The number of ether oxygens (including phenoxy) is 3. The molecule has 1 aromatic heterocycles. The second kappa shape index (κ2) is 14.6. The molecule has 0 spiro atoms. The molecular formula is C34H35N3O6S2. The number of carbonyl (C=O) groups is 2. The van der Waals surface area contributed by atoms with Crippen LogP contribution in [-0.4, -0.2) is 47.3 Å². The zero-order valence-corrected chi connectivity index (χ0v) is 27.2. The summed E-state index contributed by atoms with van der Waals surface area (Å²) in [6.45, 7) is 7.01. The zero-order chi connectivity index (χ0) is 31.9. The highest BCUT2D eigenvalue weighted by Gasteiger charge is 2.48. The van der Waals surface area contributed by atoms with Crippen LogP contribution in [0.15, 0.2) is 76.6 Å². The van der Waals surface area contributed by atoms with Gasteiger partial charge in [0.05, 0.1) is 31.9 Å². The zero-order valence-electron chi connectivity index (χ0n) is 25.6. The van der Waals surface area contributed by atoms with Crippen LogP contribution >= 0.6 is 23.1 Å². The Hall–Kier alpha value is -4.35. The maximum absolute atomic E-state index is 13.7. The lowest BCUT2D eigenvalue weighted by Crippen LogP contribution is -2.29. The summed E-state index contributed by atoms with van der Waals surface area (Å²) >= 11 is 2.71. The molecule has 234 valence electrons. The number of rotatable bonds is 13. The number of anilines is 1. The molecule has 1 N–H and O–H groups in total. The van der Waals surface area contributed by atoms with Crippen LogP contribution in [0.25, 0.3) is 5.76 Å². The van der Waals surface area contributed by atoms with Gasteiger partial charge in [0.15, 0.2) is 15.8 Å². The average Bonchev–Trinajstić information content (AvgIpc) is 3.62. The van der Waals surface area contributed by atoms with Gasteiger partial charge in [-0.05, 0) is 67.8 Å².